The molecule has 0 spiro atoms. The number of carbonyl (C=O) groups is 1. The van der Waals surface area contributed by atoms with Crippen LogP contribution in [-0.4, -0.2) is 29.3 Å². The molecule has 3 aromatic rings. The van der Waals surface area contributed by atoms with E-state index >= 15 is 0 Å². The largest absolute Gasteiger partial charge is 0.375 e. The van der Waals surface area contributed by atoms with Gasteiger partial charge in [0.2, 0.25) is 0 Å². The minimum Gasteiger partial charge on any atom is -0.375 e. The lowest BCUT2D eigenvalue weighted by molar-refractivity contribution is -0.140. The topological polar surface area (TPSA) is 74.7 Å². The summed E-state index contributed by atoms with van der Waals surface area (Å²) in [5.41, 5.74) is -2.29. The van der Waals surface area contributed by atoms with Crippen LogP contribution < -0.4 is 0 Å². The Hall–Kier alpha value is -2.48. The van der Waals surface area contributed by atoms with Gasteiger partial charge in [0.15, 0.2) is 5.60 Å². The molecule has 1 saturated heterocycles. The second-order valence-corrected chi connectivity index (χ2v) is 10.5. The summed E-state index contributed by atoms with van der Waals surface area (Å²) >= 11 is 1.29. The third-order valence-electron chi connectivity index (χ3n) is 5.45. The average Bonchev–Trinajstić information content (AvgIpc) is 3.21. The number of hydrogen-bond donors (Lipinski definition) is 1. The van der Waals surface area contributed by atoms with E-state index in [0.717, 1.165) is 20.0 Å². The Kier molecular flexibility index (Phi) is 4.45. The molecular formula is C22H21NO4S2. The first-order valence-electron chi connectivity index (χ1n) is 9.13. The predicted molar refractivity (Wildman–Crippen MR) is 114 cm³/mol. The molecule has 0 aliphatic carbocycles. The van der Waals surface area contributed by atoms with Gasteiger partial charge in [0.25, 0.3) is 15.9 Å². The molecule has 0 bridgehead atoms. The zero-order valence-electron chi connectivity index (χ0n) is 16.1. The maximum atomic E-state index is 13.4. The highest BCUT2D eigenvalue weighted by Gasteiger charge is 2.61. The summed E-state index contributed by atoms with van der Waals surface area (Å²) in [6.07, 6.45) is 1.32. The standard InChI is InChI=1S/C22H21NO4S2/c1-4-21(3)14-22(25,19-13-16-7-5-6-8-18(16)28-19)20(24)23(21)29(26,27)17-11-9-15(2)10-12-17/h4-13,25H,1,14H2,2-3H3/t21-,22-/m0/s1. The molecule has 1 aliphatic rings. The van der Waals surface area contributed by atoms with Gasteiger partial charge in [0.1, 0.15) is 0 Å². The fraction of sp³-hybridized carbons (Fsp3) is 0.227. The van der Waals surface area contributed by atoms with Gasteiger partial charge >= 0.3 is 0 Å². The van der Waals surface area contributed by atoms with Gasteiger partial charge in [-0.1, -0.05) is 42.0 Å². The number of carbonyl (C=O) groups excluding carboxylic acids is 1. The lowest BCUT2D eigenvalue weighted by Gasteiger charge is -2.30. The number of nitrogens with zero attached hydrogens (tertiary/aromatic N) is 1. The molecule has 2 aromatic carbocycles. The highest BCUT2D eigenvalue weighted by molar-refractivity contribution is 7.89. The Morgan fingerprint density at radius 1 is 1.17 bits per heavy atom. The number of hydrogen-bond acceptors (Lipinski definition) is 5. The minimum absolute atomic E-state index is 0.00474. The molecule has 29 heavy (non-hydrogen) atoms. The molecule has 1 fully saturated rings. The number of benzene rings is 2. The van der Waals surface area contributed by atoms with E-state index in [0.29, 0.717) is 4.88 Å². The van der Waals surface area contributed by atoms with Crippen molar-refractivity contribution in [3.63, 3.8) is 0 Å². The molecule has 4 rings (SSSR count). The first-order chi connectivity index (χ1) is 13.6. The van der Waals surface area contributed by atoms with Crippen LogP contribution in [0.4, 0.5) is 0 Å². The van der Waals surface area contributed by atoms with Crippen LogP contribution in [0.1, 0.15) is 23.8 Å². The summed E-state index contributed by atoms with van der Waals surface area (Å²) in [5, 5.41) is 12.3. The second-order valence-electron chi connectivity index (χ2n) is 7.63. The fourth-order valence-electron chi connectivity index (χ4n) is 3.80. The van der Waals surface area contributed by atoms with Crippen LogP contribution in [0.25, 0.3) is 10.1 Å². The number of aliphatic hydroxyl groups is 1. The first-order valence-corrected chi connectivity index (χ1v) is 11.4. The van der Waals surface area contributed by atoms with Crippen molar-refractivity contribution in [1.29, 1.82) is 0 Å². The summed E-state index contributed by atoms with van der Waals surface area (Å²) in [5.74, 6) is -0.855. The molecule has 1 amide bonds. The van der Waals surface area contributed by atoms with Crippen LogP contribution in [-0.2, 0) is 20.4 Å². The number of fused-ring (bicyclic) bond motifs is 1. The minimum atomic E-state index is -4.18. The highest BCUT2D eigenvalue weighted by atomic mass is 32.2. The van der Waals surface area contributed by atoms with Gasteiger partial charge in [-0.25, -0.2) is 12.7 Å². The van der Waals surface area contributed by atoms with E-state index in [1.807, 2.05) is 31.2 Å². The molecular weight excluding hydrogens is 406 g/mol. The van der Waals surface area contributed by atoms with Crippen LogP contribution in [0.2, 0.25) is 0 Å². The van der Waals surface area contributed by atoms with E-state index in [-0.39, 0.29) is 11.3 Å². The summed E-state index contributed by atoms with van der Waals surface area (Å²) in [4.78, 5) is 13.9. The van der Waals surface area contributed by atoms with Gasteiger partial charge in [-0.2, -0.15) is 0 Å². The Bertz CT molecular complexity index is 1200. The summed E-state index contributed by atoms with van der Waals surface area (Å²) in [6.45, 7) is 7.22. The smallest absolute Gasteiger partial charge is 0.274 e. The quantitative estimate of drug-likeness (QED) is 0.640. The van der Waals surface area contributed by atoms with Gasteiger partial charge < -0.3 is 5.11 Å². The maximum absolute atomic E-state index is 13.4. The van der Waals surface area contributed by atoms with Crippen molar-refractivity contribution in [1.82, 2.24) is 4.31 Å². The fourth-order valence-corrected chi connectivity index (χ4v) is 6.69. The normalized spacial score (nSPS) is 24.9. The number of rotatable bonds is 4. The SMILES string of the molecule is C=C[C@@]1(C)C[C@](O)(c2cc3ccccc3s2)C(=O)N1S(=O)(=O)c1ccc(C)cc1. The third kappa shape index (κ3) is 2.92. The number of aryl methyl sites for hydroxylation is 1. The van der Waals surface area contributed by atoms with E-state index in [2.05, 4.69) is 6.58 Å². The van der Waals surface area contributed by atoms with E-state index in [1.54, 1.807) is 25.1 Å². The van der Waals surface area contributed by atoms with E-state index in [4.69, 9.17) is 0 Å². The van der Waals surface area contributed by atoms with Crippen LogP contribution in [0.5, 0.6) is 0 Å². The molecule has 2 atom stereocenters. The van der Waals surface area contributed by atoms with Gasteiger partial charge in [-0.05, 0) is 43.5 Å². The van der Waals surface area contributed by atoms with Crippen molar-refractivity contribution in [3.05, 3.63) is 77.7 Å². The van der Waals surface area contributed by atoms with Crippen LogP contribution in [0.3, 0.4) is 0 Å². The lowest BCUT2D eigenvalue weighted by atomic mass is 9.90. The zero-order valence-corrected chi connectivity index (χ0v) is 17.8. The predicted octanol–water partition coefficient (Wildman–Crippen LogP) is 3.96. The van der Waals surface area contributed by atoms with Crippen molar-refractivity contribution in [2.24, 2.45) is 0 Å². The Balaban J connectivity index is 1.86. The van der Waals surface area contributed by atoms with Gasteiger partial charge in [0.05, 0.1) is 10.4 Å². The van der Waals surface area contributed by atoms with Crippen LogP contribution >= 0.6 is 11.3 Å². The van der Waals surface area contributed by atoms with Gasteiger partial charge in [0, 0.05) is 16.0 Å². The van der Waals surface area contributed by atoms with Crippen molar-refractivity contribution >= 4 is 37.4 Å². The summed E-state index contributed by atoms with van der Waals surface area (Å²) in [7, 11) is -4.18. The molecule has 0 saturated carbocycles. The molecule has 2 heterocycles. The second kappa shape index (κ2) is 6.52. The Labute approximate surface area is 174 Å². The van der Waals surface area contributed by atoms with Crippen molar-refractivity contribution in [3.8, 4) is 0 Å². The summed E-state index contributed by atoms with van der Waals surface area (Å²) < 4.78 is 28.5. The molecule has 0 radical (unpaired) electrons. The number of thiophene rings is 1. The highest BCUT2D eigenvalue weighted by Crippen LogP contribution is 2.48. The lowest BCUT2D eigenvalue weighted by Crippen LogP contribution is -2.47. The Morgan fingerprint density at radius 3 is 2.45 bits per heavy atom. The van der Waals surface area contributed by atoms with E-state index < -0.39 is 27.1 Å². The van der Waals surface area contributed by atoms with Crippen LogP contribution in [0, 0.1) is 6.92 Å². The molecule has 5 nitrogen and oxygen atoms in total. The molecule has 150 valence electrons. The molecule has 1 aliphatic heterocycles. The van der Waals surface area contributed by atoms with Crippen molar-refractivity contribution < 1.29 is 18.3 Å². The average molecular weight is 428 g/mol. The maximum Gasteiger partial charge on any atom is 0.274 e. The monoisotopic (exact) mass is 427 g/mol. The van der Waals surface area contributed by atoms with Gasteiger partial charge in [-0.3, -0.25) is 4.79 Å². The molecule has 1 N–H and O–H groups in total. The molecule has 1 aromatic heterocycles. The van der Waals surface area contributed by atoms with E-state index in [9.17, 15) is 18.3 Å². The van der Waals surface area contributed by atoms with Gasteiger partial charge in [-0.15, -0.1) is 17.9 Å². The number of sulfonamides is 1. The third-order valence-corrected chi connectivity index (χ3v) is 8.65. The zero-order chi connectivity index (χ0) is 21.0. The van der Waals surface area contributed by atoms with E-state index in [1.165, 1.54) is 29.5 Å². The van der Waals surface area contributed by atoms with Crippen LogP contribution in [0.15, 0.2) is 72.1 Å². The number of amides is 1. The molecule has 7 heteroatoms. The van der Waals surface area contributed by atoms with Crippen molar-refractivity contribution in [2.75, 3.05) is 0 Å². The molecule has 0 unspecified atom stereocenters. The first kappa shape index (κ1) is 19.8. The Morgan fingerprint density at radius 2 is 1.83 bits per heavy atom. The summed E-state index contributed by atoms with van der Waals surface area (Å²) in [6, 6.07) is 15.6. The van der Waals surface area contributed by atoms with Crippen molar-refractivity contribution in [2.45, 2.75) is 36.3 Å².